The first kappa shape index (κ1) is 11.6. The number of fused-ring (bicyclic) bond motifs is 1. The molecular weight excluding hydrogens is 216 g/mol. The topological polar surface area (TPSA) is 65.7 Å². The molecule has 0 aliphatic heterocycles. The molecule has 2 aromatic rings. The summed E-state index contributed by atoms with van der Waals surface area (Å²) in [6.45, 7) is 4.03. The monoisotopic (exact) mass is 232 g/mol. The Labute approximate surface area is 99.1 Å². The third kappa shape index (κ3) is 2.16. The van der Waals surface area contributed by atoms with Crippen molar-refractivity contribution in [3.05, 3.63) is 34.2 Å². The number of Topliss-reactive ketones (excluding diaryl/α,β-unsaturated/α-hetero) is 1. The van der Waals surface area contributed by atoms with Crippen LogP contribution >= 0.6 is 0 Å². The minimum absolute atomic E-state index is 0.0677. The van der Waals surface area contributed by atoms with Gasteiger partial charge in [-0.05, 0) is 31.0 Å². The lowest BCUT2D eigenvalue weighted by atomic mass is 9.93. The summed E-state index contributed by atoms with van der Waals surface area (Å²) >= 11 is 0. The molecule has 0 aliphatic rings. The fraction of sp³-hybridized carbons (Fsp3) is 0.385. The van der Waals surface area contributed by atoms with E-state index in [2.05, 4.69) is 9.97 Å². The highest BCUT2D eigenvalue weighted by molar-refractivity contribution is 6.00. The van der Waals surface area contributed by atoms with Gasteiger partial charge in [-0.3, -0.25) is 4.79 Å². The number of benzene rings is 1. The van der Waals surface area contributed by atoms with Gasteiger partial charge < -0.3 is 9.97 Å². The number of carbonyl (C=O) groups excluding carboxylic acids is 1. The average molecular weight is 232 g/mol. The SMILES string of the molecule is CCC(CC)C(=O)c1ccc2[nH]c(=O)[nH]c2c1. The summed E-state index contributed by atoms with van der Waals surface area (Å²) in [7, 11) is 0. The van der Waals surface area contributed by atoms with Gasteiger partial charge in [-0.1, -0.05) is 13.8 Å². The van der Waals surface area contributed by atoms with Crippen molar-refractivity contribution in [2.45, 2.75) is 26.7 Å². The van der Waals surface area contributed by atoms with E-state index in [1.165, 1.54) is 0 Å². The molecule has 0 fully saturated rings. The molecule has 17 heavy (non-hydrogen) atoms. The third-order valence-electron chi connectivity index (χ3n) is 3.16. The van der Waals surface area contributed by atoms with Crippen molar-refractivity contribution in [2.75, 3.05) is 0 Å². The van der Waals surface area contributed by atoms with Gasteiger partial charge >= 0.3 is 5.69 Å². The highest BCUT2D eigenvalue weighted by Gasteiger charge is 2.16. The first-order chi connectivity index (χ1) is 8.15. The molecule has 90 valence electrons. The molecule has 1 aromatic heterocycles. The molecule has 2 rings (SSSR count). The Morgan fingerprint density at radius 1 is 1.18 bits per heavy atom. The molecule has 0 bridgehead atoms. The lowest BCUT2D eigenvalue weighted by molar-refractivity contribution is 0.0913. The Bertz CT molecular complexity index is 591. The van der Waals surface area contributed by atoms with E-state index in [0.717, 1.165) is 18.4 Å². The zero-order valence-corrected chi connectivity index (χ0v) is 10.0. The third-order valence-corrected chi connectivity index (χ3v) is 3.16. The van der Waals surface area contributed by atoms with Gasteiger partial charge in [-0.15, -0.1) is 0 Å². The molecule has 0 spiro atoms. The number of aromatic nitrogens is 2. The van der Waals surface area contributed by atoms with Gasteiger partial charge in [-0.2, -0.15) is 0 Å². The lowest BCUT2D eigenvalue weighted by Gasteiger charge is -2.10. The van der Waals surface area contributed by atoms with Crippen molar-refractivity contribution in [2.24, 2.45) is 5.92 Å². The highest BCUT2D eigenvalue weighted by Crippen LogP contribution is 2.18. The molecule has 4 heteroatoms. The van der Waals surface area contributed by atoms with Crippen molar-refractivity contribution in [3.8, 4) is 0 Å². The van der Waals surface area contributed by atoms with Gasteiger partial charge in [-0.25, -0.2) is 4.79 Å². The molecule has 0 unspecified atom stereocenters. The molecule has 0 aliphatic carbocycles. The first-order valence-electron chi connectivity index (χ1n) is 5.92. The van der Waals surface area contributed by atoms with Gasteiger partial charge in [0.1, 0.15) is 0 Å². The molecule has 0 atom stereocenters. The molecule has 0 saturated carbocycles. The summed E-state index contributed by atoms with van der Waals surface area (Å²) in [4.78, 5) is 28.6. The smallest absolute Gasteiger partial charge is 0.306 e. The number of rotatable bonds is 4. The quantitative estimate of drug-likeness (QED) is 0.795. The van der Waals surface area contributed by atoms with Crippen molar-refractivity contribution in [1.29, 1.82) is 0 Å². The number of hydrogen-bond acceptors (Lipinski definition) is 2. The van der Waals surface area contributed by atoms with Crippen molar-refractivity contribution in [1.82, 2.24) is 9.97 Å². The summed E-state index contributed by atoms with van der Waals surface area (Å²) in [5.74, 6) is 0.220. The molecule has 1 heterocycles. The lowest BCUT2D eigenvalue weighted by Crippen LogP contribution is -2.12. The van der Waals surface area contributed by atoms with E-state index < -0.39 is 0 Å². The van der Waals surface area contributed by atoms with E-state index in [1.807, 2.05) is 13.8 Å². The molecule has 1 aromatic carbocycles. The molecule has 4 nitrogen and oxygen atoms in total. The van der Waals surface area contributed by atoms with Gasteiger partial charge in [0.15, 0.2) is 5.78 Å². The average Bonchev–Trinajstić information content (AvgIpc) is 2.69. The number of carbonyl (C=O) groups is 1. The Kier molecular flexibility index (Phi) is 3.13. The van der Waals surface area contributed by atoms with E-state index in [1.54, 1.807) is 18.2 Å². The Morgan fingerprint density at radius 3 is 2.47 bits per heavy atom. The minimum Gasteiger partial charge on any atom is -0.306 e. The van der Waals surface area contributed by atoms with Crippen LogP contribution in [0.15, 0.2) is 23.0 Å². The second kappa shape index (κ2) is 4.57. The summed E-state index contributed by atoms with van der Waals surface area (Å²) in [6.07, 6.45) is 1.69. The molecule has 0 saturated heterocycles. The Balaban J connectivity index is 2.42. The van der Waals surface area contributed by atoms with Crippen LogP contribution < -0.4 is 5.69 Å². The molecule has 0 amide bonds. The summed E-state index contributed by atoms with van der Waals surface area (Å²) in [5.41, 5.74) is 1.84. The Morgan fingerprint density at radius 2 is 1.82 bits per heavy atom. The van der Waals surface area contributed by atoms with Crippen LogP contribution in [-0.2, 0) is 0 Å². The van der Waals surface area contributed by atoms with Crippen molar-refractivity contribution < 1.29 is 4.79 Å². The number of aromatic amines is 2. The predicted octanol–water partition coefficient (Wildman–Crippen LogP) is 2.48. The largest absolute Gasteiger partial charge is 0.323 e. The number of ketones is 1. The number of hydrogen-bond donors (Lipinski definition) is 2. The maximum atomic E-state index is 12.2. The second-order valence-electron chi connectivity index (χ2n) is 4.22. The second-order valence-corrected chi connectivity index (χ2v) is 4.22. The van der Waals surface area contributed by atoms with E-state index in [0.29, 0.717) is 11.1 Å². The maximum Gasteiger partial charge on any atom is 0.323 e. The highest BCUT2D eigenvalue weighted by atomic mass is 16.1. The van der Waals surface area contributed by atoms with Gasteiger partial charge in [0.2, 0.25) is 0 Å². The van der Waals surface area contributed by atoms with Gasteiger partial charge in [0, 0.05) is 11.5 Å². The summed E-state index contributed by atoms with van der Waals surface area (Å²) < 4.78 is 0. The number of imidazole rings is 1. The van der Waals surface area contributed by atoms with E-state index >= 15 is 0 Å². The van der Waals surface area contributed by atoms with Crippen LogP contribution in [0.3, 0.4) is 0 Å². The van der Waals surface area contributed by atoms with Crippen LogP contribution in [0.5, 0.6) is 0 Å². The molecular formula is C13H16N2O2. The van der Waals surface area contributed by atoms with E-state index in [9.17, 15) is 9.59 Å². The van der Waals surface area contributed by atoms with Crippen LogP contribution in [-0.4, -0.2) is 15.8 Å². The Hall–Kier alpha value is -1.84. The van der Waals surface area contributed by atoms with Crippen molar-refractivity contribution >= 4 is 16.8 Å². The predicted molar refractivity (Wildman–Crippen MR) is 67.3 cm³/mol. The standard InChI is InChI=1S/C13H16N2O2/c1-3-8(4-2)12(16)9-5-6-10-11(7-9)15-13(17)14-10/h5-8H,3-4H2,1-2H3,(H2,14,15,17). The normalized spacial score (nSPS) is 11.2. The van der Waals surface area contributed by atoms with E-state index in [4.69, 9.17) is 0 Å². The molecule has 0 radical (unpaired) electrons. The summed E-state index contributed by atoms with van der Waals surface area (Å²) in [6, 6.07) is 5.28. The van der Waals surface area contributed by atoms with E-state index in [-0.39, 0.29) is 17.4 Å². The van der Waals surface area contributed by atoms with Crippen LogP contribution in [0.1, 0.15) is 37.0 Å². The number of H-pyrrole nitrogens is 2. The first-order valence-corrected chi connectivity index (χ1v) is 5.92. The fourth-order valence-electron chi connectivity index (χ4n) is 2.08. The van der Waals surface area contributed by atoms with Crippen LogP contribution in [0.2, 0.25) is 0 Å². The summed E-state index contributed by atoms with van der Waals surface area (Å²) in [5, 5.41) is 0. The number of nitrogens with one attached hydrogen (secondary N) is 2. The van der Waals surface area contributed by atoms with Crippen LogP contribution in [0.4, 0.5) is 0 Å². The minimum atomic E-state index is -0.243. The van der Waals surface area contributed by atoms with Crippen LogP contribution in [0, 0.1) is 5.92 Å². The maximum absolute atomic E-state index is 12.2. The van der Waals surface area contributed by atoms with Crippen molar-refractivity contribution in [3.63, 3.8) is 0 Å². The van der Waals surface area contributed by atoms with Crippen LogP contribution in [0.25, 0.3) is 11.0 Å². The fourth-order valence-corrected chi connectivity index (χ4v) is 2.08. The van der Waals surface area contributed by atoms with Gasteiger partial charge in [0.25, 0.3) is 0 Å². The van der Waals surface area contributed by atoms with Gasteiger partial charge in [0.05, 0.1) is 11.0 Å². The zero-order chi connectivity index (χ0) is 12.4. The molecule has 2 N–H and O–H groups in total. The zero-order valence-electron chi connectivity index (χ0n) is 10.0.